The largest absolute Gasteiger partial charge is 0.461 e. The Hall–Kier alpha value is -1.64. The summed E-state index contributed by atoms with van der Waals surface area (Å²) in [5.41, 5.74) is 2.83. The van der Waals surface area contributed by atoms with Gasteiger partial charge in [0.15, 0.2) is 0 Å². The zero-order chi connectivity index (χ0) is 14.8. The van der Waals surface area contributed by atoms with E-state index in [1.807, 2.05) is 36.4 Å². The normalized spacial score (nSPS) is 11.0. The molecule has 1 heterocycles. The highest BCUT2D eigenvalue weighted by Gasteiger charge is 2.13. The molecule has 0 saturated heterocycles. The van der Waals surface area contributed by atoms with E-state index in [1.54, 1.807) is 0 Å². The summed E-state index contributed by atoms with van der Waals surface area (Å²) in [6.07, 6.45) is 0.849. The van der Waals surface area contributed by atoms with Crippen LogP contribution in [-0.2, 0) is 13.0 Å². The van der Waals surface area contributed by atoms with Crippen molar-refractivity contribution in [3.63, 3.8) is 0 Å². The fourth-order valence-electron chi connectivity index (χ4n) is 2.47. The van der Waals surface area contributed by atoms with Crippen molar-refractivity contribution >= 4 is 39.9 Å². The fraction of sp³-hybridized carbons (Fsp3) is 0.176. The molecule has 108 valence electrons. The zero-order valence-electron chi connectivity index (χ0n) is 11.6. The van der Waals surface area contributed by atoms with Crippen LogP contribution >= 0.6 is 23.2 Å². The number of aryl methyl sites for hydroxylation is 1. The van der Waals surface area contributed by atoms with Gasteiger partial charge < -0.3 is 9.73 Å². The van der Waals surface area contributed by atoms with Crippen molar-refractivity contribution < 1.29 is 4.42 Å². The summed E-state index contributed by atoms with van der Waals surface area (Å²) in [6, 6.07) is 13.5. The molecule has 0 unspecified atom stereocenters. The molecule has 0 amide bonds. The number of rotatable bonds is 4. The lowest BCUT2D eigenvalue weighted by Gasteiger charge is -2.10. The number of para-hydroxylation sites is 2. The SMILES string of the molecule is CCc1oc2ccccc2c1CNc1c(Cl)cccc1Cl. The van der Waals surface area contributed by atoms with Crippen molar-refractivity contribution in [2.45, 2.75) is 19.9 Å². The Balaban J connectivity index is 1.95. The maximum atomic E-state index is 6.19. The van der Waals surface area contributed by atoms with E-state index in [0.717, 1.165) is 34.4 Å². The number of halogens is 2. The summed E-state index contributed by atoms with van der Waals surface area (Å²) in [4.78, 5) is 0. The van der Waals surface area contributed by atoms with Crippen molar-refractivity contribution in [3.8, 4) is 0 Å². The maximum Gasteiger partial charge on any atom is 0.134 e. The Labute approximate surface area is 133 Å². The van der Waals surface area contributed by atoms with Gasteiger partial charge in [-0.15, -0.1) is 0 Å². The first-order valence-electron chi connectivity index (χ1n) is 6.88. The monoisotopic (exact) mass is 319 g/mol. The van der Waals surface area contributed by atoms with Crippen LogP contribution in [0.25, 0.3) is 11.0 Å². The zero-order valence-corrected chi connectivity index (χ0v) is 13.1. The summed E-state index contributed by atoms with van der Waals surface area (Å²) in [7, 11) is 0. The van der Waals surface area contributed by atoms with Crippen LogP contribution in [0.5, 0.6) is 0 Å². The Morgan fingerprint density at radius 2 is 1.71 bits per heavy atom. The molecule has 21 heavy (non-hydrogen) atoms. The van der Waals surface area contributed by atoms with Crippen molar-refractivity contribution in [3.05, 3.63) is 63.8 Å². The molecule has 0 saturated carbocycles. The van der Waals surface area contributed by atoms with Gasteiger partial charge >= 0.3 is 0 Å². The minimum Gasteiger partial charge on any atom is -0.461 e. The standard InChI is InChI=1S/C17H15Cl2NO/c1-2-15-12(11-6-3-4-9-16(11)21-15)10-20-17-13(18)7-5-8-14(17)19/h3-9,20H,2,10H2,1H3. The summed E-state index contributed by atoms with van der Waals surface area (Å²) in [5, 5.41) is 5.69. The molecular weight excluding hydrogens is 305 g/mol. The van der Waals surface area contributed by atoms with Crippen molar-refractivity contribution in [1.29, 1.82) is 0 Å². The number of benzene rings is 2. The second-order valence-corrected chi connectivity index (χ2v) is 5.62. The molecule has 3 aromatic rings. The van der Waals surface area contributed by atoms with Gasteiger partial charge in [-0.05, 0) is 18.2 Å². The van der Waals surface area contributed by atoms with Gasteiger partial charge in [-0.1, -0.05) is 54.4 Å². The van der Waals surface area contributed by atoms with Gasteiger partial charge in [0.1, 0.15) is 11.3 Å². The van der Waals surface area contributed by atoms with E-state index in [9.17, 15) is 0 Å². The van der Waals surface area contributed by atoms with Crippen molar-refractivity contribution in [2.75, 3.05) is 5.32 Å². The van der Waals surface area contributed by atoms with Crippen LogP contribution in [-0.4, -0.2) is 0 Å². The average Bonchev–Trinajstić information content (AvgIpc) is 2.85. The molecule has 0 bridgehead atoms. The molecule has 0 aliphatic heterocycles. The number of anilines is 1. The highest BCUT2D eigenvalue weighted by molar-refractivity contribution is 6.39. The molecule has 0 aliphatic rings. The van der Waals surface area contributed by atoms with E-state index >= 15 is 0 Å². The summed E-state index contributed by atoms with van der Waals surface area (Å²) < 4.78 is 5.89. The molecule has 2 aromatic carbocycles. The van der Waals surface area contributed by atoms with Crippen LogP contribution < -0.4 is 5.32 Å². The van der Waals surface area contributed by atoms with Crippen LogP contribution in [0.2, 0.25) is 10.0 Å². The highest BCUT2D eigenvalue weighted by Crippen LogP contribution is 2.32. The molecule has 0 fully saturated rings. The molecule has 1 aromatic heterocycles. The lowest BCUT2D eigenvalue weighted by molar-refractivity contribution is 0.551. The molecule has 0 radical (unpaired) electrons. The fourth-order valence-corrected chi connectivity index (χ4v) is 3.00. The third kappa shape index (κ3) is 2.74. The second kappa shape index (κ2) is 6.00. The van der Waals surface area contributed by atoms with Gasteiger partial charge in [0.05, 0.1) is 15.7 Å². The van der Waals surface area contributed by atoms with Crippen LogP contribution in [0.1, 0.15) is 18.2 Å². The number of hydrogen-bond donors (Lipinski definition) is 1. The van der Waals surface area contributed by atoms with E-state index in [4.69, 9.17) is 27.6 Å². The molecule has 0 aliphatic carbocycles. The Morgan fingerprint density at radius 3 is 2.43 bits per heavy atom. The highest BCUT2D eigenvalue weighted by atomic mass is 35.5. The molecular formula is C17H15Cl2NO. The van der Waals surface area contributed by atoms with Gasteiger partial charge in [0, 0.05) is 23.9 Å². The van der Waals surface area contributed by atoms with Crippen LogP contribution in [0.15, 0.2) is 46.9 Å². The molecule has 0 atom stereocenters. The molecule has 0 spiro atoms. The number of furan rings is 1. The summed E-state index contributed by atoms with van der Waals surface area (Å²) in [5.74, 6) is 0.992. The first-order chi connectivity index (χ1) is 10.2. The van der Waals surface area contributed by atoms with E-state index in [-0.39, 0.29) is 0 Å². The number of fused-ring (bicyclic) bond motifs is 1. The predicted molar refractivity (Wildman–Crippen MR) is 89.4 cm³/mol. The lowest BCUT2D eigenvalue weighted by atomic mass is 10.1. The molecule has 4 heteroatoms. The molecule has 1 N–H and O–H groups in total. The Bertz CT molecular complexity index is 759. The number of nitrogens with one attached hydrogen (secondary N) is 1. The van der Waals surface area contributed by atoms with Gasteiger partial charge in [0.25, 0.3) is 0 Å². The van der Waals surface area contributed by atoms with Crippen molar-refractivity contribution in [2.24, 2.45) is 0 Å². The summed E-state index contributed by atoms with van der Waals surface area (Å²) >= 11 is 12.4. The minimum atomic E-state index is 0.619. The molecule has 2 nitrogen and oxygen atoms in total. The first kappa shape index (κ1) is 14.3. The van der Waals surface area contributed by atoms with Crippen LogP contribution in [0.3, 0.4) is 0 Å². The van der Waals surface area contributed by atoms with E-state index < -0.39 is 0 Å². The first-order valence-corrected chi connectivity index (χ1v) is 7.63. The smallest absolute Gasteiger partial charge is 0.134 e. The molecule has 3 rings (SSSR count). The Kier molecular flexibility index (Phi) is 4.09. The quantitative estimate of drug-likeness (QED) is 0.646. The topological polar surface area (TPSA) is 25.2 Å². The number of hydrogen-bond acceptors (Lipinski definition) is 2. The Morgan fingerprint density at radius 1 is 1.00 bits per heavy atom. The van der Waals surface area contributed by atoms with Crippen LogP contribution in [0, 0.1) is 0 Å². The average molecular weight is 320 g/mol. The predicted octanol–water partition coefficient (Wildman–Crippen LogP) is 5.91. The third-order valence-corrected chi connectivity index (χ3v) is 4.14. The van der Waals surface area contributed by atoms with Gasteiger partial charge in [-0.25, -0.2) is 0 Å². The lowest BCUT2D eigenvalue weighted by Crippen LogP contribution is -2.02. The van der Waals surface area contributed by atoms with Gasteiger partial charge in [-0.2, -0.15) is 0 Å². The summed E-state index contributed by atoms with van der Waals surface area (Å²) in [6.45, 7) is 2.72. The maximum absolute atomic E-state index is 6.19. The van der Waals surface area contributed by atoms with Crippen LogP contribution in [0.4, 0.5) is 5.69 Å². The van der Waals surface area contributed by atoms with Gasteiger partial charge in [-0.3, -0.25) is 0 Å². The van der Waals surface area contributed by atoms with E-state index in [1.165, 1.54) is 0 Å². The van der Waals surface area contributed by atoms with E-state index in [2.05, 4.69) is 18.3 Å². The van der Waals surface area contributed by atoms with E-state index in [0.29, 0.717) is 16.6 Å². The van der Waals surface area contributed by atoms with Crippen molar-refractivity contribution in [1.82, 2.24) is 0 Å². The third-order valence-electron chi connectivity index (χ3n) is 3.51. The second-order valence-electron chi connectivity index (χ2n) is 4.80. The minimum absolute atomic E-state index is 0.619. The van der Waals surface area contributed by atoms with Gasteiger partial charge in [0.2, 0.25) is 0 Å².